The van der Waals surface area contributed by atoms with Crippen molar-refractivity contribution in [2.45, 2.75) is 52.6 Å². The van der Waals surface area contributed by atoms with E-state index in [0.29, 0.717) is 5.92 Å². The largest absolute Gasteiger partial charge is 0.393 e. The predicted molar refractivity (Wildman–Crippen MR) is 52.0 cm³/mol. The highest BCUT2D eigenvalue weighted by Crippen LogP contribution is 2.35. The molecule has 4 atom stereocenters. The lowest BCUT2D eigenvalue weighted by atomic mass is 9.72. The number of hydrogen-bond acceptors (Lipinski definition) is 1. The van der Waals surface area contributed by atoms with Crippen LogP contribution in [0, 0.1) is 17.8 Å². The van der Waals surface area contributed by atoms with Gasteiger partial charge in [0.2, 0.25) is 0 Å². The van der Waals surface area contributed by atoms with Crippen LogP contribution in [-0.4, -0.2) is 11.2 Å². The molecule has 0 radical (unpaired) electrons. The van der Waals surface area contributed by atoms with Gasteiger partial charge >= 0.3 is 0 Å². The molecular weight excluding hydrogens is 148 g/mol. The maximum absolute atomic E-state index is 9.49. The lowest BCUT2D eigenvalue weighted by molar-refractivity contribution is 0.0601. The molecule has 1 rings (SSSR count). The Morgan fingerprint density at radius 2 is 1.75 bits per heavy atom. The summed E-state index contributed by atoms with van der Waals surface area (Å²) in [6.45, 7) is 6.45. The summed E-state index contributed by atoms with van der Waals surface area (Å²) in [6.07, 6.45) is 5.32. The van der Waals surface area contributed by atoms with Gasteiger partial charge in [0.15, 0.2) is 0 Å². The van der Waals surface area contributed by atoms with Crippen molar-refractivity contribution < 1.29 is 5.11 Å². The van der Waals surface area contributed by atoms with E-state index < -0.39 is 0 Å². The second-order valence-electron chi connectivity index (χ2n) is 4.53. The van der Waals surface area contributed by atoms with E-state index >= 15 is 0 Å². The molecule has 1 saturated carbocycles. The Balaban J connectivity index is 2.47. The summed E-state index contributed by atoms with van der Waals surface area (Å²) in [5, 5.41) is 9.49. The molecule has 1 heteroatoms. The van der Waals surface area contributed by atoms with Gasteiger partial charge in [-0.15, -0.1) is 0 Å². The average Bonchev–Trinajstić information content (AvgIpc) is 2.04. The highest BCUT2D eigenvalue weighted by molar-refractivity contribution is 4.78. The van der Waals surface area contributed by atoms with Gasteiger partial charge in [0.05, 0.1) is 6.10 Å². The van der Waals surface area contributed by atoms with E-state index in [1.165, 1.54) is 25.7 Å². The second-order valence-corrected chi connectivity index (χ2v) is 4.53. The first-order valence-corrected chi connectivity index (χ1v) is 5.31. The molecule has 0 amide bonds. The van der Waals surface area contributed by atoms with Gasteiger partial charge in [-0.25, -0.2) is 0 Å². The molecule has 1 aliphatic carbocycles. The molecule has 0 spiro atoms. The number of hydrogen-bond donors (Lipinski definition) is 1. The monoisotopic (exact) mass is 170 g/mol. The van der Waals surface area contributed by atoms with Crippen molar-refractivity contribution in [3.8, 4) is 0 Å². The fraction of sp³-hybridized carbons (Fsp3) is 1.00. The Kier molecular flexibility index (Phi) is 3.57. The van der Waals surface area contributed by atoms with Gasteiger partial charge < -0.3 is 5.11 Å². The van der Waals surface area contributed by atoms with Crippen LogP contribution in [0.1, 0.15) is 46.5 Å². The van der Waals surface area contributed by atoms with E-state index in [2.05, 4.69) is 13.8 Å². The molecule has 1 nitrogen and oxygen atoms in total. The minimum Gasteiger partial charge on any atom is -0.393 e. The third-order valence-corrected chi connectivity index (χ3v) is 3.61. The second kappa shape index (κ2) is 4.27. The van der Waals surface area contributed by atoms with Crippen molar-refractivity contribution in [3.05, 3.63) is 0 Å². The van der Waals surface area contributed by atoms with Crippen molar-refractivity contribution in [2.75, 3.05) is 0 Å². The van der Waals surface area contributed by atoms with Gasteiger partial charge in [-0.1, -0.05) is 33.1 Å². The first-order chi connectivity index (χ1) is 5.63. The van der Waals surface area contributed by atoms with Crippen LogP contribution in [-0.2, 0) is 0 Å². The van der Waals surface area contributed by atoms with Crippen LogP contribution in [0.5, 0.6) is 0 Å². The van der Waals surface area contributed by atoms with E-state index in [0.717, 1.165) is 11.8 Å². The van der Waals surface area contributed by atoms with Crippen LogP contribution in [0.3, 0.4) is 0 Å². The maximum atomic E-state index is 9.49. The van der Waals surface area contributed by atoms with Crippen LogP contribution >= 0.6 is 0 Å². The van der Waals surface area contributed by atoms with E-state index in [1.807, 2.05) is 6.92 Å². The van der Waals surface area contributed by atoms with Crippen molar-refractivity contribution in [3.63, 3.8) is 0 Å². The fourth-order valence-corrected chi connectivity index (χ4v) is 2.48. The Bertz CT molecular complexity index is 131. The van der Waals surface area contributed by atoms with Crippen LogP contribution in [0.2, 0.25) is 0 Å². The minimum atomic E-state index is -0.129. The van der Waals surface area contributed by atoms with Gasteiger partial charge in [0.25, 0.3) is 0 Å². The SMILES string of the molecule is CC(O)C(C)C1CCCCC1C. The highest BCUT2D eigenvalue weighted by atomic mass is 16.3. The van der Waals surface area contributed by atoms with Crippen LogP contribution < -0.4 is 0 Å². The zero-order valence-electron chi connectivity index (χ0n) is 8.59. The molecule has 0 aromatic carbocycles. The predicted octanol–water partition coefficient (Wildman–Crippen LogP) is 2.83. The number of aliphatic hydroxyl groups is 1. The summed E-state index contributed by atoms with van der Waals surface area (Å²) in [5.74, 6) is 2.07. The molecule has 0 saturated heterocycles. The molecule has 12 heavy (non-hydrogen) atoms. The Labute approximate surface area is 76.2 Å². The average molecular weight is 170 g/mol. The van der Waals surface area contributed by atoms with Crippen molar-refractivity contribution in [1.82, 2.24) is 0 Å². The first kappa shape index (κ1) is 10.0. The molecule has 72 valence electrons. The number of aliphatic hydroxyl groups excluding tert-OH is 1. The van der Waals surface area contributed by atoms with Gasteiger partial charge in [-0.2, -0.15) is 0 Å². The van der Waals surface area contributed by atoms with Crippen molar-refractivity contribution in [2.24, 2.45) is 17.8 Å². The standard InChI is InChI=1S/C11H22O/c1-8-6-4-5-7-11(8)9(2)10(3)12/h8-12H,4-7H2,1-3H3. The van der Waals surface area contributed by atoms with Gasteiger partial charge in [0, 0.05) is 0 Å². The minimum absolute atomic E-state index is 0.129. The summed E-state index contributed by atoms with van der Waals surface area (Å²) in [7, 11) is 0. The number of rotatable bonds is 2. The molecule has 0 aromatic heterocycles. The van der Waals surface area contributed by atoms with Crippen LogP contribution in [0.25, 0.3) is 0 Å². The normalized spacial score (nSPS) is 36.0. The molecular formula is C11H22O. The quantitative estimate of drug-likeness (QED) is 0.675. The summed E-state index contributed by atoms with van der Waals surface area (Å²) in [4.78, 5) is 0. The fourth-order valence-electron chi connectivity index (χ4n) is 2.48. The third kappa shape index (κ3) is 2.22. The van der Waals surface area contributed by atoms with Crippen molar-refractivity contribution >= 4 is 0 Å². The Hall–Kier alpha value is -0.0400. The molecule has 0 heterocycles. The highest BCUT2D eigenvalue weighted by Gasteiger charge is 2.28. The lowest BCUT2D eigenvalue weighted by Crippen LogP contribution is -2.29. The molecule has 4 unspecified atom stereocenters. The van der Waals surface area contributed by atoms with Gasteiger partial charge in [-0.3, -0.25) is 0 Å². The molecule has 1 N–H and O–H groups in total. The molecule has 0 bridgehead atoms. The zero-order chi connectivity index (χ0) is 9.14. The Morgan fingerprint density at radius 3 is 2.25 bits per heavy atom. The molecule has 1 aliphatic rings. The van der Waals surface area contributed by atoms with E-state index in [1.54, 1.807) is 0 Å². The summed E-state index contributed by atoms with van der Waals surface area (Å²) in [6, 6.07) is 0. The van der Waals surface area contributed by atoms with E-state index in [9.17, 15) is 5.11 Å². The summed E-state index contributed by atoms with van der Waals surface area (Å²) >= 11 is 0. The zero-order valence-corrected chi connectivity index (χ0v) is 8.59. The van der Waals surface area contributed by atoms with Gasteiger partial charge in [0.1, 0.15) is 0 Å². The molecule has 1 fully saturated rings. The summed E-state index contributed by atoms with van der Waals surface area (Å²) < 4.78 is 0. The lowest BCUT2D eigenvalue weighted by Gasteiger charge is -2.34. The van der Waals surface area contributed by atoms with E-state index in [-0.39, 0.29) is 6.10 Å². The van der Waals surface area contributed by atoms with E-state index in [4.69, 9.17) is 0 Å². The summed E-state index contributed by atoms with van der Waals surface area (Å²) in [5.41, 5.74) is 0. The Morgan fingerprint density at radius 1 is 1.17 bits per heavy atom. The van der Waals surface area contributed by atoms with Crippen LogP contribution in [0.4, 0.5) is 0 Å². The van der Waals surface area contributed by atoms with Gasteiger partial charge in [-0.05, 0) is 31.1 Å². The third-order valence-electron chi connectivity index (χ3n) is 3.61. The smallest absolute Gasteiger partial charge is 0.0540 e. The molecule has 0 aliphatic heterocycles. The molecule has 0 aromatic rings. The maximum Gasteiger partial charge on any atom is 0.0540 e. The van der Waals surface area contributed by atoms with Crippen molar-refractivity contribution in [1.29, 1.82) is 0 Å². The van der Waals surface area contributed by atoms with Crippen LogP contribution in [0.15, 0.2) is 0 Å². The topological polar surface area (TPSA) is 20.2 Å². The first-order valence-electron chi connectivity index (χ1n) is 5.31.